The van der Waals surface area contributed by atoms with Gasteiger partial charge in [-0.1, -0.05) is 12.1 Å². The number of imide groups is 1. The molecule has 0 spiro atoms. The van der Waals surface area contributed by atoms with E-state index in [0.717, 1.165) is 5.56 Å². The minimum Gasteiger partial charge on any atom is -0.493 e. The zero-order chi connectivity index (χ0) is 21.0. The van der Waals surface area contributed by atoms with E-state index in [1.54, 1.807) is 26.4 Å². The molecule has 1 atom stereocenters. The Bertz CT molecular complexity index is 946. The van der Waals surface area contributed by atoms with Crippen LogP contribution >= 0.6 is 0 Å². The average Bonchev–Trinajstić information content (AvgIpc) is 2.98. The Balaban J connectivity index is 1.65. The van der Waals surface area contributed by atoms with Gasteiger partial charge in [0.1, 0.15) is 6.04 Å². The molecule has 1 aliphatic rings. The minimum atomic E-state index is -0.741. The minimum absolute atomic E-state index is 0.00740. The van der Waals surface area contributed by atoms with Gasteiger partial charge in [-0.05, 0) is 30.2 Å². The maximum Gasteiger partial charge on any atom is 0.271 e. The van der Waals surface area contributed by atoms with Crippen LogP contribution in [-0.4, -0.2) is 48.4 Å². The summed E-state index contributed by atoms with van der Waals surface area (Å²) in [7, 11) is 3.09. The topological polar surface area (TPSA) is 111 Å². The van der Waals surface area contributed by atoms with Crippen LogP contribution in [0.3, 0.4) is 0 Å². The maximum absolute atomic E-state index is 12.6. The third-order valence-corrected chi connectivity index (χ3v) is 4.71. The number of carbonyl (C=O) groups excluding carboxylic acids is 2. The molecule has 1 saturated heterocycles. The van der Waals surface area contributed by atoms with Gasteiger partial charge in [-0.25, -0.2) is 0 Å². The lowest BCUT2D eigenvalue weighted by Crippen LogP contribution is -2.36. The van der Waals surface area contributed by atoms with E-state index in [2.05, 4.69) is 5.32 Å². The van der Waals surface area contributed by atoms with E-state index in [4.69, 9.17) is 9.47 Å². The second-order valence-electron chi connectivity index (χ2n) is 6.53. The van der Waals surface area contributed by atoms with Crippen LogP contribution in [0.4, 0.5) is 11.4 Å². The fourth-order valence-electron chi connectivity index (χ4n) is 3.22. The van der Waals surface area contributed by atoms with E-state index in [1.807, 2.05) is 12.1 Å². The Morgan fingerprint density at radius 3 is 2.59 bits per heavy atom. The summed E-state index contributed by atoms with van der Waals surface area (Å²) < 4.78 is 10.5. The highest BCUT2D eigenvalue weighted by Gasteiger charge is 2.38. The third-order valence-electron chi connectivity index (χ3n) is 4.71. The zero-order valence-electron chi connectivity index (χ0n) is 16.1. The lowest BCUT2D eigenvalue weighted by molar-refractivity contribution is -0.384. The molecule has 1 fully saturated rings. The summed E-state index contributed by atoms with van der Waals surface area (Å²) in [5.41, 5.74) is 1.24. The number of rotatable bonds is 8. The molecular weight excluding hydrogens is 378 g/mol. The Hall–Kier alpha value is -3.62. The average molecular weight is 399 g/mol. The van der Waals surface area contributed by atoms with Crippen molar-refractivity contribution < 1.29 is 24.0 Å². The summed E-state index contributed by atoms with van der Waals surface area (Å²) in [6.45, 7) is 0.236. The molecule has 9 heteroatoms. The van der Waals surface area contributed by atoms with Gasteiger partial charge in [-0.2, -0.15) is 0 Å². The quantitative estimate of drug-likeness (QED) is 0.412. The number of ether oxygens (including phenoxy) is 2. The smallest absolute Gasteiger partial charge is 0.271 e. The van der Waals surface area contributed by atoms with Crippen molar-refractivity contribution >= 4 is 23.2 Å². The molecular formula is C20H21N3O6. The van der Waals surface area contributed by atoms with Gasteiger partial charge in [0.15, 0.2) is 11.5 Å². The number of non-ortho nitro benzene ring substituents is 1. The first-order chi connectivity index (χ1) is 13.9. The highest BCUT2D eigenvalue weighted by Crippen LogP contribution is 2.28. The Labute approximate surface area is 167 Å². The van der Waals surface area contributed by atoms with Crippen LogP contribution in [0.1, 0.15) is 12.0 Å². The number of likely N-dealkylation sites (tertiary alicyclic amines) is 1. The van der Waals surface area contributed by atoms with Gasteiger partial charge in [0.2, 0.25) is 5.91 Å². The van der Waals surface area contributed by atoms with E-state index in [0.29, 0.717) is 23.6 Å². The molecule has 3 rings (SSSR count). The van der Waals surface area contributed by atoms with Gasteiger partial charge >= 0.3 is 0 Å². The number of hydrogen-bond acceptors (Lipinski definition) is 7. The molecule has 1 heterocycles. The number of carbonyl (C=O) groups is 2. The van der Waals surface area contributed by atoms with E-state index < -0.39 is 11.0 Å². The van der Waals surface area contributed by atoms with Crippen LogP contribution in [-0.2, 0) is 16.0 Å². The van der Waals surface area contributed by atoms with Crippen LogP contribution in [0, 0.1) is 10.1 Å². The van der Waals surface area contributed by atoms with Crippen molar-refractivity contribution in [3.63, 3.8) is 0 Å². The predicted molar refractivity (Wildman–Crippen MR) is 105 cm³/mol. The normalized spacial score (nSPS) is 16.1. The van der Waals surface area contributed by atoms with Gasteiger partial charge in [0, 0.05) is 24.4 Å². The molecule has 0 radical (unpaired) electrons. The molecule has 2 aromatic carbocycles. The maximum atomic E-state index is 12.6. The van der Waals surface area contributed by atoms with Crippen LogP contribution in [0.2, 0.25) is 0 Å². The van der Waals surface area contributed by atoms with Crippen molar-refractivity contribution in [1.82, 2.24) is 4.90 Å². The molecule has 2 amide bonds. The van der Waals surface area contributed by atoms with Crippen LogP contribution < -0.4 is 14.8 Å². The lowest BCUT2D eigenvalue weighted by Gasteiger charge is -2.16. The molecule has 0 aromatic heterocycles. The van der Waals surface area contributed by atoms with Crippen molar-refractivity contribution in [2.24, 2.45) is 0 Å². The van der Waals surface area contributed by atoms with Crippen LogP contribution in [0.15, 0.2) is 42.5 Å². The molecule has 29 heavy (non-hydrogen) atoms. The summed E-state index contributed by atoms with van der Waals surface area (Å²) >= 11 is 0. The zero-order valence-corrected chi connectivity index (χ0v) is 16.1. The SMILES string of the molecule is COc1ccc(CCN2C(=O)C[C@@H](Nc3cccc([N+](=O)[O-])c3)C2=O)cc1OC. The third kappa shape index (κ3) is 4.45. The molecule has 152 valence electrons. The first kappa shape index (κ1) is 20.1. The van der Waals surface area contributed by atoms with Crippen molar-refractivity contribution in [1.29, 1.82) is 0 Å². The molecule has 0 saturated carbocycles. The van der Waals surface area contributed by atoms with Crippen molar-refractivity contribution in [2.45, 2.75) is 18.9 Å². The number of nitro benzene ring substituents is 1. The van der Waals surface area contributed by atoms with Crippen molar-refractivity contribution in [2.75, 3.05) is 26.1 Å². The predicted octanol–water partition coefficient (Wildman–Crippen LogP) is 2.39. The monoisotopic (exact) mass is 399 g/mol. The van der Waals surface area contributed by atoms with Gasteiger partial charge in [0.05, 0.1) is 25.6 Å². The number of hydrogen-bond donors (Lipinski definition) is 1. The molecule has 1 aliphatic heterocycles. The summed E-state index contributed by atoms with van der Waals surface area (Å²) in [6.07, 6.45) is 0.481. The first-order valence-corrected chi connectivity index (χ1v) is 8.99. The van der Waals surface area contributed by atoms with E-state index in [9.17, 15) is 19.7 Å². The van der Waals surface area contributed by atoms with E-state index in [-0.39, 0.29) is 30.5 Å². The molecule has 0 unspecified atom stereocenters. The number of methoxy groups -OCH3 is 2. The molecule has 9 nitrogen and oxygen atoms in total. The highest BCUT2D eigenvalue weighted by atomic mass is 16.6. The summed E-state index contributed by atoms with van der Waals surface area (Å²) in [6, 6.07) is 10.5. The summed E-state index contributed by atoms with van der Waals surface area (Å²) in [5.74, 6) is 0.556. The summed E-state index contributed by atoms with van der Waals surface area (Å²) in [5, 5.41) is 13.8. The highest BCUT2D eigenvalue weighted by molar-refractivity contribution is 6.06. The van der Waals surface area contributed by atoms with E-state index >= 15 is 0 Å². The lowest BCUT2D eigenvalue weighted by atomic mass is 10.1. The molecule has 0 aliphatic carbocycles. The van der Waals surface area contributed by atoms with Crippen LogP contribution in [0.5, 0.6) is 11.5 Å². The van der Waals surface area contributed by atoms with E-state index in [1.165, 1.54) is 23.1 Å². The second kappa shape index (κ2) is 8.59. The Kier molecular flexibility index (Phi) is 5.96. The van der Waals surface area contributed by atoms with Crippen molar-refractivity contribution in [3.8, 4) is 11.5 Å². The van der Waals surface area contributed by atoms with Crippen molar-refractivity contribution in [3.05, 3.63) is 58.1 Å². The molecule has 1 N–H and O–H groups in total. The fourth-order valence-corrected chi connectivity index (χ4v) is 3.22. The number of nitrogens with one attached hydrogen (secondary N) is 1. The molecule has 2 aromatic rings. The first-order valence-electron chi connectivity index (χ1n) is 8.99. The fraction of sp³-hybridized carbons (Fsp3) is 0.300. The standard InChI is InChI=1S/C20H21N3O6/c1-28-17-7-6-13(10-18(17)29-2)8-9-22-19(24)12-16(20(22)25)21-14-4-3-5-15(11-14)23(26)27/h3-7,10-11,16,21H,8-9,12H2,1-2H3/t16-/m1/s1. The summed E-state index contributed by atoms with van der Waals surface area (Å²) in [4.78, 5) is 36.6. The van der Waals surface area contributed by atoms with Gasteiger partial charge in [0.25, 0.3) is 11.6 Å². The van der Waals surface area contributed by atoms with Gasteiger partial charge < -0.3 is 14.8 Å². The largest absolute Gasteiger partial charge is 0.493 e. The van der Waals surface area contributed by atoms with Gasteiger partial charge in [-0.15, -0.1) is 0 Å². The number of anilines is 1. The number of amides is 2. The second-order valence-corrected chi connectivity index (χ2v) is 6.53. The number of nitrogens with zero attached hydrogens (tertiary/aromatic N) is 2. The number of benzene rings is 2. The number of nitro groups is 1. The molecule has 0 bridgehead atoms. The Morgan fingerprint density at radius 1 is 1.14 bits per heavy atom. The van der Waals surface area contributed by atoms with Crippen LogP contribution in [0.25, 0.3) is 0 Å². The van der Waals surface area contributed by atoms with Gasteiger partial charge in [-0.3, -0.25) is 24.6 Å². The Morgan fingerprint density at radius 2 is 1.90 bits per heavy atom.